The summed E-state index contributed by atoms with van der Waals surface area (Å²) in [5.74, 6) is 2.69. The molecule has 1 aromatic rings. The molecule has 21 heavy (non-hydrogen) atoms. The van der Waals surface area contributed by atoms with Crippen molar-refractivity contribution in [3.8, 4) is 0 Å². The Morgan fingerprint density at radius 1 is 1.29 bits per heavy atom. The number of benzene rings is 1. The Morgan fingerprint density at radius 3 is 2.67 bits per heavy atom. The normalized spacial score (nSPS) is 28.6. The first-order chi connectivity index (χ1) is 10.1. The summed E-state index contributed by atoms with van der Waals surface area (Å²) < 4.78 is 0. The van der Waals surface area contributed by atoms with Crippen molar-refractivity contribution in [2.45, 2.75) is 45.1 Å². The van der Waals surface area contributed by atoms with Gasteiger partial charge in [-0.2, -0.15) is 0 Å². The molecule has 2 saturated carbocycles. The van der Waals surface area contributed by atoms with Gasteiger partial charge in [0, 0.05) is 6.54 Å². The second-order valence-electron chi connectivity index (χ2n) is 6.90. The van der Waals surface area contributed by atoms with Gasteiger partial charge in [0.1, 0.15) is 6.04 Å². The van der Waals surface area contributed by atoms with Crippen molar-refractivity contribution in [1.29, 1.82) is 0 Å². The SMILES string of the molecule is Cc1ccc(C(N)C(=O)NCCC2CC3CCC2C3)cc1. The van der Waals surface area contributed by atoms with Crippen LogP contribution in [0.4, 0.5) is 0 Å². The summed E-state index contributed by atoms with van der Waals surface area (Å²) in [6.07, 6.45) is 6.78. The van der Waals surface area contributed by atoms with E-state index in [-0.39, 0.29) is 5.91 Å². The molecule has 3 rings (SSSR count). The first-order valence-corrected chi connectivity index (χ1v) is 8.23. The number of rotatable bonds is 5. The van der Waals surface area contributed by atoms with E-state index in [2.05, 4.69) is 5.32 Å². The third-order valence-corrected chi connectivity index (χ3v) is 5.42. The molecule has 114 valence electrons. The molecule has 0 aliphatic heterocycles. The van der Waals surface area contributed by atoms with Crippen LogP contribution in [0, 0.1) is 24.7 Å². The Labute approximate surface area is 127 Å². The van der Waals surface area contributed by atoms with Crippen molar-refractivity contribution < 1.29 is 4.79 Å². The van der Waals surface area contributed by atoms with Gasteiger partial charge in [0.15, 0.2) is 0 Å². The minimum absolute atomic E-state index is 0.0537. The Morgan fingerprint density at radius 2 is 2.05 bits per heavy atom. The summed E-state index contributed by atoms with van der Waals surface area (Å²) in [7, 11) is 0. The fourth-order valence-electron chi connectivity index (χ4n) is 4.15. The molecule has 1 aromatic carbocycles. The molecule has 4 unspecified atom stereocenters. The Bertz CT molecular complexity index is 496. The van der Waals surface area contributed by atoms with E-state index in [0.717, 1.165) is 36.3 Å². The molecular formula is C18H26N2O. The quantitative estimate of drug-likeness (QED) is 0.874. The number of hydrogen-bond donors (Lipinski definition) is 2. The van der Waals surface area contributed by atoms with Gasteiger partial charge in [-0.05, 0) is 55.9 Å². The number of carbonyl (C=O) groups is 1. The van der Waals surface area contributed by atoms with Gasteiger partial charge in [0.05, 0.1) is 0 Å². The Hall–Kier alpha value is -1.35. The monoisotopic (exact) mass is 286 g/mol. The Kier molecular flexibility index (Phi) is 4.29. The van der Waals surface area contributed by atoms with E-state index in [9.17, 15) is 4.79 Å². The van der Waals surface area contributed by atoms with E-state index < -0.39 is 6.04 Å². The van der Waals surface area contributed by atoms with Crippen LogP contribution in [-0.2, 0) is 4.79 Å². The summed E-state index contributed by atoms with van der Waals surface area (Å²) >= 11 is 0. The molecule has 0 radical (unpaired) electrons. The van der Waals surface area contributed by atoms with Gasteiger partial charge < -0.3 is 11.1 Å². The highest BCUT2D eigenvalue weighted by Crippen LogP contribution is 2.49. The maximum atomic E-state index is 12.1. The third-order valence-electron chi connectivity index (χ3n) is 5.42. The number of amides is 1. The van der Waals surface area contributed by atoms with E-state index in [4.69, 9.17) is 5.73 Å². The molecule has 4 atom stereocenters. The van der Waals surface area contributed by atoms with Crippen LogP contribution in [0.5, 0.6) is 0 Å². The number of hydrogen-bond acceptors (Lipinski definition) is 2. The molecule has 2 bridgehead atoms. The number of nitrogens with two attached hydrogens (primary N) is 1. The number of carbonyl (C=O) groups excluding carboxylic acids is 1. The molecule has 3 nitrogen and oxygen atoms in total. The molecule has 0 saturated heterocycles. The van der Waals surface area contributed by atoms with Crippen LogP contribution >= 0.6 is 0 Å². The minimum Gasteiger partial charge on any atom is -0.354 e. The number of fused-ring (bicyclic) bond motifs is 2. The lowest BCUT2D eigenvalue weighted by Gasteiger charge is -2.22. The van der Waals surface area contributed by atoms with Gasteiger partial charge in [0.2, 0.25) is 5.91 Å². The molecule has 3 N–H and O–H groups in total. The van der Waals surface area contributed by atoms with E-state index in [1.54, 1.807) is 0 Å². The highest BCUT2D eigenvalue weighted by Gasteiger charge is 2.38. The molecule has 2 fully saturated rings. The minimum atomic E-state index is -0.550. The molecule has 0 heterocycles. The van der Waals surface area contributed by atoms with Crippen LogP contribution < -0.4 is 11.1 Å². The van der Waals surface area contributed by atoms with E-state index >= 15 is 0 Å². The van der Waals surface area contributed by atoms with Gasteiger partial charge in [0.25, 0.3) is 0 Å². The lowest BCUT2D eigenvalue weighted by Crippen LogP contribution is -2.35. The zero-order valence-electron chi connectivity index (χ0n) is 12.8. The molecule has 0 aromatic heterocycles. The highest BCUT2D eigenvalue weighted by molar-refractivity contribution is 5.82. The summed E-state index contributed by atoms with van der Waals surface area (Å²) in [5, 5.41) is 3.02. The van der Waals surface area contributed by atoms with Crippen LogP contribution in [0.3, 0.4) is 0 Å². The number of nitrogens with one attached hydrogen (secondary N) is 1. The molecular weight excluding hydrogens is 260 g/mol. The predicted molar refractivity (Wildman–Crippen MR) is 84.7 cm³/mol. The summed E-state index contributed by atoms with van der Waals surface area (Å²) in [5.41, 5.74) is 8.10. The standard InChI is InChI=1S/C18H26N2O/c1-12-2-5-14(6-3-12)17(19)18(21)20-9-8-16-11-13-4-7-15(16)10-13/h2-3,5-6,13,15-17H,4,7-11,19H2,1H3,(H,20,21). The van der Waals surface area contributed by atoms with Crippen LogP contribution in [0.25, 0.3) is 0 Å². The lowest BCUT2D eigenvalue weighted by atomic mass is 9.86. The maximum absolute atomic E-state index is 12.1. The summed E-state index contributed by atoms with van der Waals surface area (Å²) in [6.45, 7) is 2.80. The highest BCUT2D eigenvalue weighted by atomic mass is 16.2. The van der Waals surface area contributed by atoms with Gasteiger partial charge in [-0.15, -0.1) is 0 Å². The third kappa shape index (κ3) is 3.29. The van der Waals surface area contributed by atoms with Crippen molar-refractivity contribution in [3.63, 3.8) is 0 Å². The van der Waals surface area contributed by atoms with Gasteiger partial charge in [-0.25, -0.2) is 0 Å². The fraction of sp³-hybridized carbons (Fsp3) is 0.611. The Balaban J connectivity index is 1.44. The zero-order chi connectivity index (χ0) is 14.8. The second-order valence-corrected chi connectivity index (χ2v) is 6.90. The zero-order valence-corrected chi connectivity index (χ0v) is 12.8. The summed E-state index contributed by atoms with van der Waals surface area (Å²) in [4.78, 5) is 12.1. The van der Waals surface area contributed by atoms with Gasteiger partial charge in [-0.3, -0.25) is 4.79 Å². The average molecular weight is 286 g/mol. The topological polar surface area (TPSA) is 55.1 Å². The van der Waals surface area contributed by atoms with Crippen molar-refractivity contribution in [2.75, 3.05) is 6.54 Å². The van der Waals surface area contributed by atoms with Crippen molar-refractivity contribution >= 4 is 5.91 Å². The maximum Gasteiger partial charge on any atom is 0.241 e. The summed E-state index contributed by atoms with van der Waals surface area (Å²) in [6, 6.07) is 7.33. The van der Waals surface area contributed by atoms with Crippen molar-refractivity contribution in [1.82, 2.24) is 5.32 Å². The molecule has 0 spiro atoms. The van der Waals surface area contributed by atoms with E-state index in [1.807, 2.05) is 31.2 Å². The largest absolute Gasteiger partial charge is 0.354 e. The molecule has 3 heteroatoms. The molecule has 2 aliphatic carbocycles. The molecule has 2 aliphatic rings. The predicted octanol–water partition coefficient (Wildman–Crippen LogP) is 2.94. The van der Waals surface area contributed by atoms with Crippen LogP contribution in [-0.4, -0.2) is 12.5 Å². The smallest absolute Gasteiger partial charge is 0.241 e. The number of aryl methyl sites for hydroxylation is 1. The van der Waals surface area contributed by atoms with Gasteiger partial charge in [-0.1, -0.05) is 36.2 Å². The first-order valence-electron chi connectivity index (χ1n) is 8.23. The first kappa shape index (κ1) is 14.6. The molecule has 1 amide bonds. The fourth-order valence-corrected chi connectivity index (χ4v) is 4.15. The van der Waals surface area contributed by atoms with E-state index in [1.165, 1.54) is 31.2 Å². The van der Waals surface area contributed by atoms with Crippen molar-refractivity contribution in [3.05, 3.63) is 35.4 Å². The van der Waals surface area contributed by atoms with Crippen molar-refractivity contribution in [2.24, 2.45) is 23.5 Å². The van der Waals surface area contributed by atoms with E-state index in [0.29, 0.717) is 0 Å². The second kappa shape index (κ2) is 6.18. The lowest BCUT2D eigenvalue weighted by molar-refractivity contribution is -0.122. The van der Waals surface area contributed by atoms with Crippen LogP contribution in [0.2, 0.25) is 0 Å². The van der Waals surface area contributed by atoms with Gasteiger partial charge >= 0.3 is 0 Å². The average Bonchev–Trinajstić information content (AvgIpc) is 3.10. The van der Waals surface area contributed by atoms with Crippen LogP contribution in [0.1, 0.15) is 49.3 Å². The van der Waals surface area contributed by atoms with Crippen LogP contribution in [0.15, 0.2) is 24.3 Å².